The van der Waals surface area contributed by atoms with Gasteiger partial charge in [0.1, 0.15) is 13.2 Å². The molecule has 73 heavy (non-hydrogen) atoms. The van der Waals surface area contributed by atoms with Crippen molar-refractivity contribution in [1.82, 2.24) is 5.32 Å². The zero-order valence-electron chi connectivity index (χ0n) is 49.1. The highest BCUT2D eigenvalue weighted by Gasteiger charge is 2.23. The summed E-state index contributed by atoms with van der Waals surface area (Å²) in [4.78, 5) is 25.5. The molecule has 0 saturated carbocycles. The van der Waals surface area contributed by atoms with Crippen LogP contribution in [0.25, 0.3) is 0 Å². The summed E-state index contributed by atoms with van der Waals surface area (Å²) in [6.45, 7) is 4.66. The first kappa shape index (κ1) is 71.5. The van der Waals surface area contributed by atoms with Gasteiger partial charge in [0.15, 0.2) is 0 Å². The molecular formula is C64H123N2O6P. The summed E-state index contributed by atoms with van der Waals surface area (Å²) in [6, 6.07) is -0.904. The molecule has 0 aliphatic heterocycles. The molecule has 0 saturated heterocycles. The summed E-state index contributed by atoms with van der Waals surface area (Å²) < 4.78 is 23.4. The number of likely N-dealkylation sites (N-methyl/N-ethyl adjacent to an activating group) is 1. The van der Waals surface area contributed by atoms with E-state index in [0.29, 0.717) is 17.4 Å². The Bertz CT molecular complexity index is 1330. The molecular weight excluding hydrogens is 924 g/mol. The lowest BCUT2D eigenvalue weighted by Gasteiger charge is -2.29. The molecule has 0 aromatic rings. The predicted molar refractivity (Wildman–Crippen MR) is 316 cm³/mol. The SMILES string of the molecule is CCCCCCC/C=C\C/C=C\CCCCCCCCCCCCCCCCCCCC(=O)NC(COP(=O)([O-])OCC[N+](C)(C)C)C(O)/C=C/CC/C=C/CCCCCCCCCCCCCCCCCC. The van der Waals surface area contributed by atoms with Gasteiger partial charge in [-0.15, -0.1) is 0 Å². The fourth-order valence-corrected chi connectivity index (χ4v) is 10.0. The standard InChI is InChI=1S/C64H123N2O6P/c1-6-8-10-12-14-16-18-20-22-24-26-28-30-31-32-33-34-35-36-38-40-42-44-46-48-50-52-54-56-58-64(68)65-62(61-72-73(69,70)71-60-59-66(3,4)5)63(67)57-55-53-51-49-47-45-43-41-39-37-29-27-25-23-21-19-17-15-13-11-9-7-2/h18,20,24,26,47,49,55,57,62-63,67H,6-17,19,21-23,25,27-46,48,50-54,56,58-61H2,1-5H3,(H-,65,68,69,70)/b20-18-,26-24-,49-47+,57-55+. The Hall–Kier alpha value is -1.54. The Morgan fingerprint density at radius 1 is 0.479 bits per heavy atom. The van der Waals surface area contributed by atoms with Gasteiger partial charge in [0.05, 0.1) is 39.9 Å². The number of nitrogens with zero attached hydrogens (tertiary/aromatic N) is 1. The molecule has 9 heteroatoms. The number of amides is 1. The highest BCUT2D eigenvalue weighted by Crippen LogP contribution is 2.38. The fraction of sp³-hybridized carbons (Fsp3) is 0.859. The van der Waals surface area contributed by atoms with E-state index in [4.69, 9.17) is 9.05 Å². The molecule has 0 rings (SSSR count). The Morgan fingerprint density at radius 2 is 0.808 bits per heavy atom. The maximum atomic E-state index is 13.0. The molecule has 0 aromatic carbocycles. The van der Waals surface area contributed by atoms with Crippen molar-refractivity contribution in [2.24, 2.45) is 0 Å². The van der Waals surface area contributed by atoms with E-state index in [0.717, 1.165) is 44.9 Å². The number of allylic oxidation sites excluding steroid dienone is 7. The van der Waals surface area contributed by atoms with Crippen molar-refractivity contribution in [2.75, 3.05) is 40.9 Å². The van der Waals surface area contributed by atoms with E-state index in [1.807, 2.05) is 27.2 Å². The second kappa shape index (κ2) is 55.2. The second-order valence-corrected chi connectivity index (χ2v) is 24.2. The number of phosphoric acid groups is 1. The van der Waals surface area contributed by atoms with Crippen molar-refractivity contribution in [2.45, 2.75) is 315 Å². The van der Waals surface area contributed by atoms with Crippen LogP contribution in [0.15, 0.2) is 48.6 Å². The molecule has 0 aliphatic carbocycles. The van der Waals surface area contributed by atoms with Crippen molar-refractivity contribution >= 4 is 13.7 Å². The van der Waals surface area contributed by atoms with Crippen LogP contribution in [0.5, 0.6) is 0 Å². The third-order valence-corrected chi connectivity index (χ3v) is 15.2. The highest BCUT2D eigenvalue weighted by molar-refractivity contribution is 7.45. The van der Waals surface area contributed by atoms with Gasteiger partial charge in [-0.25, -0.2) is 0 Å². The zero-order valence-corrected chi connectivity index (χ0v) is 50.0. The van der Waals surface area contributed by atoms with Gasteiger partial charge < -0.3 is 28.8 Å². The molecule has 430 valence electrons. The summed E-state index contributed by atoms with van der Waals surface area (Å²) in [5.74, 6) is -0.203. The molecule has 0 radical (unpaired) electrons. The lowest BCUT2D eigenvalue weighted by molar-refractivity contribution is -0.870. The summed E-state index contributed by atoms with van der Waals surface area (Å²) in [7, 11) is 1.25. The Morgan fingerprint density at radius 3 is 1.19 bits per heavy atom. The molecule has 0 bridgehead atoms. The van der Waals surface area contributed by atoms with E-state index < -0.39 is 26.6 Å². The van der Waals surface area contributed by atoms with Gasteiger partial charge in [-0.05, 0) is 64.2 Å². The van der Waals surface area contributed by atoms with E-state index in [1.54, 1.807) is 6.08 Å². The van der Waals surface area contributed by atoms with Crippen LogP contribution in [0, 0.1) is 0 Å². The molecule has 0 fully saturated rings. The molecule has 0 aromatic heterocycles. The van der Waals surface area contributed by atoms with Gasteiger partial charge >= 0.3 is 0 Å². The lowest BCUT2D eigenvalue weighted by atomic mass is 10.0. The van der Waals surface area contributed by atoms with Crippen LogP contribution < -0.4 is 10.2 Å². The topological polar surface area (TPSA) is 108 Å². The molecule has 8 nitrogen and oxygen atoms in total. The second-order valence-electron chi connectivity index (χ2n) is 22.8. The molecule has 0 heterocycles. The first-order valence-corrected chi connectivity index (χ1v) is 33.0. The Labute approximate surface area is 454 Å². The fourth-order valence-electron chi connectivity index (χ4n) is 9.32. The lowest BCUT2D eigenvalue weighted by Crippen LogP contribution is -2.45. The number of aliphatic hydroxyl groups is 1. The van der Waals surface area contributed by atoms with Crippen molar-refractivity contribution in [3.8, 4) is 0 Å². The minimum atomic E-state index is -4.61. The number of aliphatic hydroxyl groups excluding tert-OH is 1. The van der Waals surface area contributed by atoms with E-state index in [2.05, 4.69) is 55.6 Å². The van der Waals surface area contributed by atoms with Gasteiger partial charge in [-0.2, -0.15) is 0 Å². The Balaban J connectivity index is 4.15. The number of hydrogen-bond acceptors (Lipinski definition) is 6. The van der Waals surface area contributed by atoms with Gasteiger partial charge in [0.25, 0.3) is 7.82 Å². The van der Waals surface area contributed by atoms with Crippen LogP contribution in [0.2, 0.25) is 0 Å². The highest BCUT2D eigenvalue weighted by atomic mass is 31.2. The largest absolute Gasteiger partial charge is 0.756 e. The van der Waals surface area contributed by atoms with Gasteiger partial charge in [-0.3, -0.25) is 9.36 Å². The number of hydrogen-bond donors (Lipinski definition) is 2. The number of unbranched alkanes of at least 4 members (excludes halogenated alkanes) is 39. The summed E-state index contributed by atoms with van der Waals surface area (Å²) in [5, 5.41) is 13.9. The minimum Gasteiger partial charge on any atom is -0.756 e. The van der Waals surface area contributed by atoms with E-state index >= 15 is 0 Å². The summed E-state index contributed by atoms with van der Waals surface area (Å²) >= 11 is 0. The number of carbonyl (C=O) groups is 1. The minimum absolute atomic E-state index is 0.00579. The monoisotopic (exact) mass is 1050 g/mol. The normalized spacial score (nSPS) is 14.1. The van der Waals surface area contributed by atoms with E-state index in [9.17, 15) is 19.4 Å². The molecule has 0 spiro atoms. The van der Waals surface area contributed by atoms with Crippen LogP contribution in [0.1, 0.15) is 303 Å². The molecule has 3 atom stereocenters. The smallest absolute Gasteiger partial charge is 0.268 e. The van der Waals surface area contributed by atoms with E-state index in [-0.39, 0.29) is 12.5 Å². The average molecular weight is 1050 g/mol. The predicted octanol–water partition coefficient (Wildman–Crippen LogP) is 18.9. The Kier molecular flexibility index (Phi) is 54.1. The number of quaternary nitrogens is 1. The third kappa shape index (κ3) is 58.0. The maximum absolute atomic E-state index is 13.0. The number of rotatable bonds is 58. The quantitative estimate of drug-likeness (QED) is 0.0272. The van der Waals surface area contributed by atoms with Crippen molar-refractivity contribution in [3.05, 3.63) is 48.6 Å². The summed E-state index contributed by atoms with van der Waals surface area (Å²) in [5.41, 5.74) is 0. The first-order chi connectivity index (χ1) is 35.5. The van der Waals surface area contributed by atoms with Crippen LogP contribution >= 0.6 is 7.82 Å². The van der Waals surface area contributed by atoms with Crippen molar-refractivity contribution < 1.29 is 32.9 Å². The molecule has 0 aliphatic rings. The van der Waals surface area contributed by atoms with E-state index in [1.165, 1.54) is 238 Å². The number of carbonyl (C=O) groups excluding carboxylic acids is 1. The van der Waals surface area contributed by atoms with Crippen LogP contribution in [-0.2, 0) is 18.4 Å². The van der Waals surface area contributed by atoms with Gasteiger partial charge in [0.2, 0.25) is 5.91 Å². The number of nitrogens with one attached hydrogen (secondary N) is 1. The van der Waals surface area contributed by atoms with Gasteiger partial charge in [-0.1, -0.05) is 281 Å². The summed E-state index contributed by atoms with van der Waals surface area (Å²) in [6.07, 6.45) is 73.5. The number of phosphoric ester groups is 1. The molecule has 3 unspecified atom stereocenters. The maximum Gasteiger partial charge on any atom is 0.268 e. The van der Waals surface area contributed by atoms with Crippen LogP contribution in [0.4, 0.5) is 0 Å². The average Bonchev–Trinajstić information content (AvgIpc) is 3.35. The third-order valence-electron chi connectivity index (χ3n) is 14.3. The molecule has 1 amide bonds. The van der Waals surface area contributed by atoms with Gasteiger partial charge in [0, 0.05) is 6.42 Å². The van der Waals surface area contributed by atoms with Crippen molar-refractivity contribution in [1.29, 1.82) is 0 Å². The zero-order chi connectivity index (χ0) is 53.5. The first-order valence-electron chi connectivity index (χ1n) is 31.5. The van der Waals surface area contributed by atoms with Crippen molar-refractivity contribution in [3.63, 3.8) is 0 Å². The molecule has 2 N–H and O–H groups in total. The van der Waals surface area contributed by atoms with Crippen LogP contribution in [-0.4, -0.2) is 68.5 Å². The van der Waals surface area contributed by atoms with Crippen LogP contribution in [0.3, 0.4) is 0 Å².